The van der Waals surface area contributed by atoms with E-state index in [2.05, 4.69) is 16.9 Å². The first-order valence-electron chi connectivity index (χ1n) is 5.84. The van der Waals surface area contributed by atoms with E-state index in [1.807, 2.05) is 0 Å². The van der Waals surface area contributed by atoms with Crippen LogP contribution in [0.4, 0.5) is 0 Å². The Balaban J connectivity index is 2.18. The summed E-state index contributed by atoms with van der Waals surface area (Å²) >= 11 is 0. The van der Waals surface area contributed by atoms with E-state index in [4.69, 9.17) is 0 Å². The fraction of sp³-hybridized carbons (Fsp3) is 0.615. The number of esters is 1. The van der Waals surface area contributed by atoms with Crippen LogP contribution in [0.25, 0.3) is 0 Å². The van der Waals surface area contributed by atoms with Crippen molar-refractivity contribution in [2.24, 2.45) is 5.41 Å². The lowest BCUT2D eigenvalue weighted by molar-refractivity contribution is -0.136. The van der Waals surface area contributed by atoms with E-state index < -0.39 is 0 Å². The summed E-state index contributed by atoms with van der Waals surface area (Å²) < 4.78 is 4.66. The quantitative estimate of drug-likeness (QED) is 0.548. The predicted octanol–water partition coefficient (Wildman–Crippen LogP) is 2.88. The zero-order chi connectivity index (χ0) is 11.6. The summed E-state index contributed by atoms with van der Waals surface area (Å²) in [5.41, 5.74) is 0.562. The third-order valence-corrected chi connectivity index (χ3v) is 3.69. The maximum absolute atomic E-state index is 11.4. The number of aliphatic hydroxyl groups excluding tert-OH is 1. The molecule has 88 valence electrons. The van der Waals surface area contributed by atoms with Gasteiger partial charge in [0.05, 0.1) is 12.7 Å². The molecule has 0 amide bonds. The Labute approximate surface area is 95.8 Å². The Hall–Kier alpha value is -1.25. The van der Waals surface area contributed by atoms with Crippen LogP contribution in [-0.4, -0.2) is 18.2 Å². The van der Waals surface area contributed by atoms with Crippen molar-refractivity contribution in [3.05, 3.63) is 23.5 Å². The second kappa shape index (κ2) is 4.32. The van der Waals surface area contributed by atoms with Crippen LogP contribution in [0.1, 0.15) is 38.5 Å². The number of hydrogen-bond acceptors (Lipinski definition) is 3. The minimum Gasteiger partial charge on any atom is -0.512 e. The molecular weight excluding hydrogens is 204 g/mol. The van der Waals surface area contributed by atoms with Crippen LogP contribution >= 0.6 is 0 Å². The maximum Gasteiger partial charge on any atom is 0.337 e. The van der Waals surface area contributed by atoms with Crippen molar-refractivity contribution in [2.75, 3.05) is 7.11 Å². The van der Waals surface area contributed by atoms with Gasteiger partial charge in [0, 0.05) is 6.42 Å². The van der Waals surface area contributed by atoms with Crippen molar-refractivity contribution in [1.82, 2.24) is 0 Å². The van der Waals surface area contributed by atoms with Gasteiger partial charge in [0.15, 0.2) is 0 Å². The number of aliphatic hydroxyl groups is 1. The highest BCUT2D eigenvalue weighted by Crippen LogP contribution is 2.45. The van der Waals surface area contributed by atoms with Crippen LogP contribution in [0, 0.1) is 5.41 Å². The lowest BCUT2D eigenvalue weighted by Crippen LogP contribution is -2.27. The van der Waals surface area contributed by atoms with Crippen LogP contribution in [0.2, 0.25) is 0 Å². The van der Waals surface area contributed by atoms with Crippen LogP contribution in [0.5, 0.6) is 0 Å². The monoisotopic (exact) mass is 222 g/mol. The lowest BCUT2D eigenvalue weighted by Gasteiger charge is -2.36. The summed E-state index contributed by atoms with van der Waals surface area (Å²) in [4.78, 5) is 11.4. The van der Waals surface area contributed by atoms with Gasteiger partial charge in [0.25, 0.3) is 0 Å². The largest absolute Gasteiger partial charge is 0.512 e. The Kier molecular flexibility index (Phi) is 3.03. The molecule has 0 aromatic carbocycles. The normalized spacial score (nSPS) is 29.6. The lowest BCUT2D eigenvalue weighted by atomic mass is 9.69. The SMILES string of the molecule is COC(=O)C1=C(O)C[C@]2(C=CCCC2)CC1. The first kappa shape index (κ1) is 11.2. The van der Waals surface area contributed by atoms with Gasteiger partial charge in [-0.1, -0.05) is 12.2 Å². The van der Waals surface area contributed by atoms with E-state index in [0.29, 0.717) is 18.4 Å². The van der Waals surface area contributed by atoms with Crippen molar-refractivity contribution in [1.29, 1.82) is 0 Å². The molecule has 16 heavy (non-hydrogen) atoms. The molecule has 0 aromatic rings. The standard InChI is InChI=1S/C13H18O3/c1-16-12(15)10-5-8-13(9-11(10)14)6-3-2-4-7-13/h3,6,14H,2,4-5,7-9H2,1H3/t13-/m0/s1. The second-order valence-electron chi connectivity index (χ2n) is 4.75. The van der Waals surface area contributed by atoms with E-state index in [9.17, 15) is 9.90 Å². The summed E-state index contributed by atoms with van der Waals surface area (Å²) in [6, 6.07) is 0. The van der Waals surface area contributed by atoms with Crippen molar-refractivity contribution >= 4 is 5.97 Å². The van der Waals surface area contributed by atoms with E-state index >= 15 is 0 Å². The van der Waals surface area contributed by atoms with E-state index in [-0.39, 0.29) is 17.1 Å². The number of ether oxygens (including phenoxy) is 1. The molecule has 0 unspecified atom stereocenters. The fourth-order valence-electron chi connectivity index (χ4n) is 2.73. The Bertz CT molecular complexity index is 354. The molecule has 2 aliphatic carbocycles. The van der Waals surface area contributed by atoms with Gasteiger partial charge >= 0.3 is 5.97 Å². The zero-order valence-electron chi connectivity index (χ0n) is 9.66. The second-order valence-corrected chi connectivity index (χ2v) is 4.75. The van der Waals surface area contributed by atoms with E-state index in [0.717, 1.165) is 19.3 Å². The van der Waals surface area contributed by atoms with Crippen LogP contribution in [0.15, 0.2) is 23.5 Å². The first-order valence-corrected chi connectivity index (χ1v) is 5.84. The summed E-state index contributed by atoms with van der Waals surface area (Å²) in [5, 5.41) is 9.93. The van der Waals surface area contributed by atoms with Crippen LogP contribution in [-0.2, 0) is 9.53 Å². The minimum absolute atomic E-state index is 0.0971. The number of carbonyl (C=O) groups excluding carboxylic acids is 1. The van der Waals surface area contributed by atoms with E-state index in [1.165, 1.54) is 13.5 Å². The molecule has 0 heterocycles. The minimum atomic E-state index is -0.382. The highest BCUT2D eigenvalue weighted by atomic mass is 16.5. The maximum atomic E-state index is 11.4. The van der Waals surface area contributed by atoms with Crippen LogP contribution in [0.3, 0.4) is 0 Å². The molecule has 0 saturated heterocycles. The van der Waals surface area contributed by atoms with Gasteiger partial charge in [-0.2, -0.15) is 0 Å². The Morgan fingerprint density at radius 2 is 2.31 bits per heavy atom. The number of allylic oxidation sites excluding steroid dienone is 3. The molecule has 0 aliphatic heterocycles. The highest BCUT2D eigenvalue weighted by molar-refractivity contribution is 5.89. The van der Waals surface area contributed by atoms with Crippen molar-refractivity contribution in [3.8, 4) is 0 Å². The molecule has 3 nitrogen and oxygen atoms in total. The zero-order valence-corrected chi connectivity index (χ0v) is 9.66. The highest BCUT2D eigenvalue weighted by Gasteiger charge is 2.36. The van der Waals surface area contributed by atoms with Gasteiger partial charge < -0.3 is 9.84 Å². The van der Waals surface area contributed by atoms with Gasteiger partial charge in [0.1, 0.15) is 5.76 Å². The molecule has 0 aromatic heterocycles. The van der Waals surface area contributed by atoms with Crippen LogP contribution < -0.4 is 0 Å². The molecule has 0 bridgehead atoms. The number of methoxy groups -OCH3 is 1. The van der Waals surface area contributed by atoms with Gasteiger partial charge in [0.2, 0.25) is 0 Å². The average Bonchev–Trinajstić information content (AvgIpc) is 2.29. The number of rotatable bonds is 1. The number of hydrogen-bond donors (Lipinski definition) is 1. The molecular formula is C13H18O3. The summed E-state index contributed by atoms with van der Waals surface area (Å²) in [6.07, 6.45) is 10.0. The molecule has 1 N–H and O–H groups in total. The van der Waals surface area contributed by atoms with Gasteiger partial charge in [-0.15, -0.1) is 0 Å². The third-order valence-electron chi connectivity index (χ3n) is 3.69. The van der Waals surface area contributed by atoms with Crippen molar-refractivity contribution < 1.29 is 14.6 Å². The molecule has 1 spiro atoms. The van der Waals surface area contributed by atoms with E-state index in [1.54, 1.807) is 0 Å². The topological polar surface area (TPSA) is 46.5 Å². The average molecular weight is 222 g/mol. The molecule has 0 saturated carbocycles. The molecule has 2 rings (SSSR count). The van der Waals surface area contributed by atoms with Gasteiger partial charge in [-0.3, -0.25) is 0 Å². The molecule has 2 aliphatic rings. The third kappa shape index (κ3) is 1.99. The van der Waals surface area contributed by atoms with Crippen molar-refractivity contribution in [2.45, 2.75) is 38.5 Å². The van der Waals surface area contributed by atoms with Gasteiger partial charge in [-0.05, 0) is 37.5 Å². The Morgan fingerprint density at radius 1 is 1.50 bits per heavy atom. The van der Waals surface area contributed by atoms with Crippen molar-refractivity contribution in [3.63, 3.8) is 0 Å². The fourth-order valence-corrected chi connectivity index (χ4v) is 2.73. The summed E-state index contributed by atoms with van der Waals surface area (Å²) in [6.45, 7) is 0. The smallest absolute Gasteiger partial charge is 0.337 e. The molecule has 0 fully saturated rings. The summed E-state index contributed by atoms with van der Waals surface area (Å²) in [5.74, 6) is -0.156. The number of carbonyl (C=O) groups is 1. The molecule has 3 heteroatoms. The Morgan fingerprint density at radius 3 is 2.88 bits per heavy atom. The molecule has 1 atom stereocenters. The van der Waals surface area contributed by atoms with Gasteiger partial charge in [-0.25, -0.2) is 4.79 Å². The molecule has 0 radical (unpaired) electrons. The predicted molar refractivity (Wildman–Crippen MR) is 60.9 cm³/mol. The summed E-state index contributed by atoms with van der Waals surface area (Å²) in [7, 11) is 1.35. The first-order chi connectivity index (χ1) is 7.67.